The van der Waals surface area contributed by atoms with Crippen LogP contribution in [0, 0.1) is 0 Å². The molecule has 14 heavy (non-hydrogen) atoms. The maximum Gasteiger partial charge on any atom is 0.181 e. The van der Waals surface area contributed by atoms with Gasteiger partial charge >= 0.3 is 0 Å². The second kappa shape index (κ2) is 3.45. The van der Waals surface area contributed by atoms with E-state index in [0.717, 1.165) is 0 Å². The summed E-state index contributed by atoms with van der Waals surface area (Å²) in [5.74, 6) is 0.527. The zero-order valence-corrected chi connectivity index (χ0v) is 7.67. The lowest BCUT2D eigenvalue weighted by molar-refractivity contribution is 0.100. The van der Waals surface area contributed by atoms with Crippen molar-refractivity contribution in [2.24, 2.45) is 0 Å². The number of carbonyl (C=O) groups excluding carboxylic acids is 1. The van der Waals surface area contributed by atoms with E-state index in [1.165, 1.54) is 6.92 Å². The van der Waals surface area contributed by atoms with Crippen LogP contribution in [0.3, 0.4) is 0 Å². The lowest BCUT2D eigenvalue weighted by atomic mass is 10.3. The summed E-state index contributed by atoms with van der Waals surface area (Å²) in [5, 5.41) is 7.64. The van der Waals surface area contributed by atoms with E-state index >= 15 is 0 Å². The van der Waals surface area contributed by atoms with Gasteiger partial charge in [0.2, 0.25) is 0 Å². The molecule has 0 radical (unpaired) electrons. The van der Waals surface area contributed by atoms with E-state index in [1.807, 2.05) is 12.3 Å². The average Bonchev–Trinajstić information content (AvgIpc) is 2.75. The first-order valence-corrected chi connectivity index (χ1v) is 4.19. The van der Waals surface area contributed by atoms with Crippen LogP contribution in [0.25, 0.3) is 0 Å². The Labute approximate surface area is 80.3 Å². The van der Waals surface area contributed by atoms with Crippen molar-refractivity contribution in [2.75, 3.05) is 0 Å². The molecule has 0 aromatic carbocycles. The highest BCUT2D eigenvalue weighted by Gasteiger charge is 2.07. The molecule has 0 aliphatic carbocycles. The Morgan fingerprint density at radius 2 is 2.50 bits per heavy atom. The Balaban J connectivity index is 2.14. The van der Waals surface area contributed by atoms with Gasteiger partial charge in [-0.05, 0) is 6.07 Å². The van der Waals surface area contributed by atoms with E-state index in [4.69, 9.17) is 4.52 Å². The Morgan fingerprint density at radius 1 is 1.64 bits per heavy atom. The molecule has 0 amide bonds. The van der Waals surface area contributed by atoms with Gasteiger partial charge in [-0.1, -0.05) is 5.16 Å². The zero-order chi connectivity index (χ0) is 9.97. The predicted molar refractivity (Wildman–Crippen MR) is 47.8 cm³/mol. The van der Waals surface area contributed by atoms with Crippen molar-refractivity contribution in [3.8, 4) is 0 Å². The Kier molecular flexibility index (Phi) is 2.14. The van der Waals surface area contributed by atoms with Gasteiger partial charge in [-0.15, -0.1) is 0 Å². The summed E-state index contributed by atoms with van der Waals surface area (Å²) >= 11 is 0. The van der Waals surface area contributed by atoms with Gasteiger partial charge in [-0.25, -0.2) is 0 Å². The molecule has 0 fully saturated rings. The SMILES string of the molecule is CC(=O)c1cc(Cn2cccn2)on1. The molecule has 2 heterocycles. The van der Waals surface area contributed by atoms with Crippen LogP contribution in [0.2, 0.25) is 0 Å². The van der Waals surface area contributed by atoms with E-state index in [9.17, 15) is 4.79 Å². The largest absolute Gasteiger partial charge is 0.359 e. The van der Waals surface area contributed by atoms with Crippen molar-refractivity contribution in [3.63, 3.8) is 0 Å². The molecule has 0 bridgehead atoms. The minimum atomic E-state index is -0.0968. The van der Waals surface area contributed by atoms with E-state index < -0.39 is 0 Å². The standard InChI is InChI=1S/C9H9N3O2/c1-7(13)9-5-8(14-11-9)6-12-4-2-3-10-12/h2-5H,6H2,1H3. The van der Waals surface area contributed by atoms with Crippen LogP contribution >= 0.6 is 0 Å². The van der Waals surface area contributed by atoms with Crippen LogP contribution in [-0.2, 0) is 6.54 Å². The maximum absolute atomic E-state index is 10.9. The van der Waals surface area contributed by atoms with Crippen LogP contribution in [0.5, 0.6) is 0 Å². The molecule has 0 atom stereocenters. The fourth-order valence-electron chi connectivity index (χ4n) is 1.11. The maximum atomic E-state index is 10.9. The number of rotatable bonds is 3. The molecule has 0 unspecified atom stereocenters. The Bertz CT molecular complexity index is 431. The fourth-order valence-corrected chi connectivity index (χ4v) is 1.11. The number of nitrogens with zero attached hydrogens (tertiary/aromatic N) is 3. The van der Waals surface area contributed by atoms with Gasteiger partial charge in [0, 0.05) is 25.4 Å². The minimum Gasteiger partial charge on any atom is -0.359 e. The van der Waals surface area contributed by atoms with Crippen molar-refractivity contribution in [1.82, 2.24) is 14.9 Å². The molecule has 2 aromatic heterocycles. The van der Waals surface area contributed by atoms with Crippen LogP contribution in [0.1, 0.15) is 23.2 Å². The third-order valence-electron chi connectivity index (χ3n) is 1.80. The predicted octanol–water partition coefficient (Wildman–Crippen LogP) is 1.12. The highest BCUT2D eigenvalue weighted by molar-refractivity contribution is 5.91. The summed E-state index contributed by atoms with van der Waals surface area (Å²) in [6.07, 6.45) is 3.50. The molecule has 0 N–H and O–H groups in total. The van der Waals surface area contributed by atoms with Crippen LogP contribution in [0.4, 0.5) is 0 Å². The first-order valence-electron chi connectivity index (χ1n) is 4.19. The van der Waals surface area contributed by atoms with Crippen molar-refractivity contribution < 1.29 is 9.32 Å². The fraction of sp³-hybridized carbons (Fsp3) is 0.222. The van der Waals surface area contributed by atoms with E-state index in [0.29, 0.717) is 18.0 Å². The number of hydrogen-bond acceptors (Lipinski definition) is 4. The molecule has 0 aliphatic heterocycles. The van der Waals surface area contributed by atoms with Crippen LogP contribution in [0.15, 0.2) is 29.0 Å². The zero-order valence-electron chi connectivity index (χ0n) is 7.67. The quantitative estimate of drug-likeness (QED) is 0.682. The number of hydrogen-bond donors (Lipinski definition) is 0. The summed E-state index contributed by atoms with van der Waals surface area (Å²) in [6, 6.07) is 3.45. The number of carbonyl (C=O) groups is 1. The van der Waals surface area contributed by atoms with Crippen molar-refractivity contribution in [3.05, 3.63) is 36.0 Å². The smallest absolute Gasteiger partial charge is 0.181 e. The van der Waals surface area contributed by atoms with Gasteiger partial charge in [0.1, 0.15) is 12.2 Å². The molecule has 5 heteroatoms. The summed E-state index contributed by atoms with van der Waals surface area (Å²) in [6.45, 7) is 1.95. The van der Waals surface area contributed by atoms with Gasteiger partial charge in [-0.2, -0.15) is 5.10 Å². The lowest BCUT2D eigenvalue weighted by Gasteiger charge is -1.93. The minimum absolute atomic E-state index is 0.0968. The van der Waals surface area contributed by atoms with E-state index in [2.05, 4.69) is 10.3 Å². The van der Waals surface area contributed by atoms with E-state index in [-0.39, 0.29) is 5.78 Å². The van der Waals surface area contributed by atoms with Gasteiger partial charge in [0.05, 0.1) is 0 Å². The molecule has 0 saturated heterocycles. The monoisotopic (exact) mass is 191 g/mol. The summed E-state index contributed by atoms with van der Waals surface area (Å²) < 4.78 is 6.67. The van der Waals surface area contributed by atoms with Crippen molar-refractivity contribution >= 4 is 5.78 Å². The lowest BCUT2D eigenvalue weighted by Crippen LogP contribution is -1.98. The normalized spacial score (nSPS) is 10.4. The van der Waals surface area contributed by atoms with Gasteiger partial charge in [-0.3, -0.25) is 9.48 Å². The Hall–Kier alpha value is -1.91. The second-order valence-corrected chi connectivity index (χ2v) is 2.94. The number of ketones is 1. The topological polar surface area (TPSA) is 60.9 Å². The first kappa shape index (κ1) is 8.68. The summed E-state index contributed by atoms with van der Waals surface area (Å²) in [5.41, 5.74) is 0.354. The van der Waals surface area contributed by atoms with Crippen molar-refractivity contribution in [1.29, 1.82) is 0 Å². The van der Waals surface area contributed by atoms with Gasteiger partial charge in [0.15, 0.2) is 11.5 Å². The molecule has 0 aliphatic rings. The number of Topliss-reactive ketones (excluding diaryl/α,β-unsaturated/α-hetero) is 1. The van der Waals surface area contributed by atoms with Crippen LogP contribution in [-0.4, -0.2) is 20.7 Å². The molecule has 5 nitrogen and oxygen atoms in total. The highest BCUT2D eigenvalue weighted by Crippen LogP contribution is 2.05. The Morgan fingerprint density at radius 3 is 3.07 bits per heavy atom. The average molecular weight is 191 g/mol. The summed E-state index contributed by atoms with van der Waals surface area (Å²) in [4.78, 5) is 10.9. The number of aromatic nitrogens is 3. The third-order valence-corrected chi connectivity index (χ3v) is 1.80. The second-order valence-electron chi connectivity index (χ2n) is 2.94. The van der Waals surface area contributed by atoms with Crippen LogP contribution < -0.4 is 0 Å². The molecule has 0 saturated carbocycles. The van der Waals surface area contributed by atoms with E-state index in [1.54, 1.807) is 16.9 Å². The molecular formula is C9H9N3O2. The molecule has 2 aromatic rings. The van der Waals surface area contributed by atoms with Gasteiger partial charge < -0.3 is 4.52 Å². The molecule has 0 spiro atoms. The molecular weight excluding hydrogens is 182 g/mol. The van der Waals surface area contributed by atoms with Gasteiger partial charge in [0.25, 0.3) is 0 Å². The first-order chi connectivity index (χ1) is 6.75. The molecule has 72 valence electrons. The van der Waals surface area contributed by atoms with Crippen molar-refractivity contribution in [2.45, 2.75) is 13.5 Å². The highest BCUT2D eigenvalue weighted by atomic mass is 16.5. The summed E-state index contributed by atoms with van der Waals surface area (Å²) in [7, 11) is 0. The molecule has 2 rings (SSSR count). The third kappa shape index (κ3) is 1.71.